The Labute approximate surface area is 255 Å². The van der Waals surface area contributed by atoms with Crippen molar-refractivity contribution in [2.75, 3.05) is 0 Å². The van der Waals surface area contributed by atoms with E-state index in [1.165, 1.54) is 31.8 Å². The Morgan fingerprint density at radius 2 is 0.333 bits per heavy atom. The first kappa shape index (κ1) is 29.1. The Morgan fingerprint density at radius 1 is 0.205 bits per heavy atom. The first-order chi connectivity index (χ1) is 18.9. The second-order valence-electron chi connectivity index (χ2n) is 8.95. The molecule has 0 aromatic heterocycles. The molecule has 0 nitrogen and oxygen atoms in total. The van der Waals surface area contributed by atoms with Crippen molar-refractivity contribution in [2.45, 2.75) is 0 Å². The number of hydrogen-bond acceptors (Lipinski definition) is 0. The van der Waals surface area contributed by atoms with Crippen LogP contribution in [0, 0.1) is 0 Å². The van der Waals surface area contributed by atoms with Gasteiger partial charge in [-0.1, -0.05) is 109 Å². The van der Waals surface area contributed by atoms with E-state index in [1.54, 1.807) is 0 Å². The molecule has 0 saturated carbocycles. The topological polar surface area (TPSA) is 0 Å². The molecule has 39 heavy (non-hydrogen) atoms. The van der Waals surface area contributed by atoms with Gasteiger partial charge in [0.05, 0.1) is 15.8 Å². The third kappa shape index (κ3) is 8.05. The van der Waals surface area contributed by atoms with Crippen molar-refractivity contribution in [1.29, 1.82) is 0 Å². The third-order valence-electron chi connectivity index (χ3n) is 6.37. The van der Waals surface area contributed by atoms with Crippen LogP contribution in [0.25, 0.3) is 0 Å². The zero-order chi connectivity index (χ0) is 25.8. The van der Waals surface area contributed by atoms with Gasteiger partial charge in [0.2, 0.25) is 0 Å². The van der Waals surface area contributed by atoms with E-state index in [-0.39, 0.29) is 27.3 Å². The fraction of sp³-hybridized carbons (Fsp3) is 0. The number of rotatable bonds is 6. The van der Waals surface area contributed by atoms with Crippen molar-refractivity contribution in [3.8, 4) is 0 Å². The third-order valence-corrected chi connectivity index (χ3v) is 11.8. The Bertz CT molecular complexity index is 1170. The predicted octanol–water partition coefficient (Wildman–Crippen LogP) is 5.97. The normalized spacial score (nSPS) is 10.3. The van der Waals surface area contributed by atoms with Crippen molar-refractivity contribution in [3.05, 3.63) is 182 Å². The standard InChI is InChI=1S/2C18H15P.Pb/c2*1-4-10-16(11-5-1)19(17-12-6-2-7-13-17)18-14-8-3-9-15-18;/h2*1-15H;/p+2. The van der Waals surface area contributed by atoms with Crippen molar-refractivity contribution < 1.29 is 0 Å². The molecule has 6 aromatic rings. The molecule has 4 radical (unpaired) electrons. The fourth-order valence-corrected chi connectivity index (χ4v) is 9.78. The second kappa shape index (κ2) is 15.6. The van der Waals surface area contributed by atoms with E-state index in [9.17, 15) is 0 Å². The molecule has 6 aromatic carbocycles. The summed E-state index contributed by atoms with van der Waals surface area (Å²) in [7, 11) is -1.75. The van der Waals surface area contributed by atoms with E-state index < -0.39 is 15.8 Å². The molecule has 0 atom stereocenters. The molecule has 0 N–H and O–H groups in total. The molecule has 0 spiro atoms. The second-order valence-corrected chi connectivity index (χ2v) is 13.9. The van der Waals surface area contributed by atoms with Gasteiger partial charge in [-0.2, -0.15) is 0 Å². The molecule has 0 aliphatic carbocycles. The Hall–Kier alpha value is -2.90. The Kier molecular flexibility index (Phi) is 11.7. The maximum absolute atomic E-state index is 2.24. The van der Waals surface area contributed by atoms with Gasteiger partial charge in [0, 0.05) is 27.3 Å². The molecule has 6 rings (SSSR count). The Balaban J connectivity index is 0.000000176. The van der Waals surface area contributed by atoms with Crippen LogP contribution in [-0.2, 0) is 0 Å². The van der Waals surface area contributed by atoms with E-state index in [2.05, 4.69) is 182 Å². The first-order valence-corrected chi connectivity index (χ1v) is 16.0. The van der Waals surface area contributed by atoms with Crippen LogP contribution in [0.2, 0.25) is 0 Å². The van der Waals surface area contributed by atoms with E-state index in [0.29, 0.717) is 0 Å². The SMILES string of the molecule is [Pb].c1ccc([PH+](c2ccccc2)c2ccccc2)cc1.c1ccc([PH+](c2ccccc2)c2ccccc2)cc1. The smallest absolute Gasteiger partial charge is 0.0620 e. The van der Waals surface area contributed by atoms with Gasteiger partial charge in [0.25, 0.3) is 0 Å². The quantitative estimate of drug-likeness (QED) is 0.146. The minimum Gasteiger partial charge on any atom is -0.0620 e. The number of benzene rings is 6. The molecule has 0 bridgehead atoms. The maximum atomic E-state index is 2.24. The average Bonchev–Trinajstić information content (AvgIpc) is 3.01. The van der Waals surface area contributed by atoms with Gasteiger partial charge in [0.15, 0.2) is 0 Å². The van der Waals surface area contributed by atoms with Crippen molar-refractivity contribution in [3.63, 3.8) is 0 Å². The van der Waals surface area contributed by atoms with E-state index >= 15 is 0 Å². The molecule has 0 amide bonds. The fourth-order valence-electron chi connectivity index (χ4n) is 4.63. The largest absolute Gasteiger partial charge is 0.102 e. The summed E-state index contributed by atoms with van der Waals surface area (Å²) in [5, 5.41) is 8.61. The first-order valence-electron chi connectivity index (χ1n) is 13.0. The summed E-state index contributed by atoms with van der Waals surface area (Å²) >= 11 is 0. The number of hydrogen-bond donors (Lipinski definition) is 0. The molecule has 0 heterocycles. The zero-order valence-electron chi connectivity index (χ0n) is 21.8. The summed E-state index contributed by atoms with van der Waals surface area (Å²) in [4.78, 5) is 0. The molecular weight excluding hydrogens is 702 g/mol. The molecule has 0 aliphatic rings. The van der Waals surface area contributed by atoms with Crippen LogP contribution in [0.15, 0.2) is 182 Å². The summed E-state index contributed by atoms with van der Waals surface area (Å²) in [5.74, 6) is 0. The Morgan fingerprint density at radius 3 is 0.462 bits per heavy atom. The van der Waals surface area contributed by atoms with Gasteiger partial charge in [0.1, 0.15) is 31.8 Å². The molecule has 0 saturated heterocycles. The van der Waals surface area contributed by atoms with Crippen LogP contribution in [-0.4, -0.2) is 27.3 Å². The minimum atomic E-state index is -0.877. The summed E-state index contributed by atoms with van der Waals surface area (Å²) in [5.41, 5.74) is 0. The van der Waals surface area contributed by atoms with E-state index in [0.717, 1.165) is 0 Å². The van der Waals surface area contributed by atoms with Crippen molar-refractivity contribution in [1.82, 2.24) is 0 Å². The average molecular weight is 734 g/mol. The van der Waals surface area contributed by atoms with Crippen LogP contribution in [0.3, 0.4) is 0 Å². The van der Waals surface area contributed by atoms with Gasteiger partial charge in [-0.25, -0.2) is 0 Å². The molecule has 0 fully saturated rings. The van der Waals surface area contributed by atoms with Crippen molar-refractivity contribution in [2.24, 2.45) is 0 Å². The zero-order valence-corrected chi connectivity index (χ0v) is 27.7. The van der Waals surface area contributed by atoms with Crippen molar-refractivity contribution >= 4 is 75.0 Å². The molecule has 188 valence electrons. The molecule has 0 unspecified atom stereocenters. The van der Waals surface area contributed by atoms with Crippen LogP contribution in [0.1, 0.15) is 0 Å². The predicted molar refractivity (Wildman–Crippen MR) is 179 cm³/mol. The van der Waals surface area contributed by atoms with Gasteiger partial charge in [-0.15, -0.1) is 0 Å². The summed E-state index contributed by atoms with van der Waals surface area (Å²) in [6.07, 6.45) is 0. The minimum absolute atomic E-state index is 0. The molecule has 3 heteroatoms. The molecular formula is C36H32P2Pb+2. The monoisotopic (exact) mass is 734 g/mol. The van der Waals surface area contributed by atoms with E-state index in [1.807, 2.05) is 0 Å². The van der Waals surface area contributed by atoms with Crippen LogP contribution in [0.4, 0.5) is 0 Å². The van der Waals surface area contributed by atoms with E-state index in [4.69, 9.17) is 0 Å². The summed E-state index contributed by atoms with van der Waals surface area (Å²) in [6.45, 7) is 0. The van der Waals surface area contributed by atoms with Gasteiger partial charge < -0.3 is 0 Å². The van der Waals surface area contributed by atoms with Crippen LogP contribution in [0.5, 0.6) is 0 Å². The van der Waals surface area contributed by atoms with Gasteiger partial charge >= 0.3 is 0 Å². The van der Waals surface area contributed by atoms with Crippen LogP contribution < -0.4 is 31.8 Å². The summed E-state index contributed by atoms with van der Waals surface area (Å²) in [6, 6.07) is 65.0. The molecule has 0 aliphatic heterocycles. The maximum Gasteiger partial charge on any atom is 0.102 e. The van der Waals surface area contributed by atoms with Crippen LogP contribution >= 0.6 is 15.8 Å². The van der Waals surface area contributed by atoms with Gasteiger partial charge in [-0.05, 0) is 72.8 Å². The van der Waals surface area contributed by atoms with Gasteiger partial charge in [-0.3, -0.25) is 0 Å². The summed E-state index contributed by atoms with van der Waals surface area (Å²) < 4.78 is 0.